The Bertz CT molecular complexity index is 756. The van der Waals surface area contributed by atoms with Gasteiger partial charge in [-0.2, -0.15) is 0 Å². The van der Waals surface area contributed by atoms with Crippen molar-refractivity contribution in [2.24, 2.45) is 11.8 Å². The van der Waals surface area contributed by atoms with Crippen LogP contribution in [-0.4, -0.2) is 29.6 Å². The average Bonchev–Trinajstić information content (AvgIpc) is 3.17. The predicted molar refractivity (Wildman–Crippen MR) is 85.9 cm³/mol. The van der Waals surface area contributed by atoms with Crippen LogP contribution in [0.15, 0.2) is 54.6 Å². The topological polar surface area (TPSA) is 69.7 Å². The van der Waals surface area contributed by atoms with E-state index in [4.69, 9.17) is 4.74 Å². The fourth-order valence-electron chi connectivity index (χ4n) is 4.40. The van der Waals surface area contributed by atoms with Crippen molar-refractivity contribution >= 4 is 17.6 Å². The van der Waals surface area contributed by atoms with E-state index >= 15 is 0 Å². The highest BCUT2D eigenvalue weighted by Crippen LogP contribution is 2.56. The molecule has 0 saturated carbocycles. The summed E-state index contributed by atoms with van der Waals surface area (Å²) in [6.07, 6.45) is 3.59. The Morgan fingerprint density at radius 3 is 2.71 bits per heavy atom. The molecule has 1 amide bonds. The van der Waals surface area contributed by atoms with E-state index in [0.717, 1.165) is 11.3 Å². The molecular formula is C19H18NO4-. The lowest BCUT2D eigenvalue weighted by Crippen LogP contribution is -2.46. The lowest BCUT2D eigenvalue weighted by atomic mass is 9.74. The van der Waals surface area contributed by atoms with Gasteiger partial charge in [-0.3, -0.25) is 4.79 Å². The maximum absolute atomic E-state index is 13.2. The van der Waals surface area contributed by atoms with E-state index in [-0.39, 0.29) is 11.9 Å². The third-order valence-corrected chi connectivity index (χ3v) is 5.27. The molecule has 0 unspecified atom stereocenters. The number of carboxylic acids is 1. The molecule has 2 saturated heterocycles. The number of benzene rings is 1. The molecule has 1 spiro atoms. The van der Waals surface area contributed by atoms with E-state index in [1.165, 1.54) is 0 Å². The quantitative estimate of drug-likeness (QED) is 0.777. The van der Waals surface area contributed by atoms with Crippen LogP contribution in [0.25, 0.3) is 0 Å². The van der Waals surface area contributed by atoms with Crippen LogP contribution in [0, 0.1) is 11.8 Å². The van der Waals surface area contributed by atoms with Crippen molar-refractivity contribution in [2.45, 2.75) is 31.1 Å². The van der Waals surface area contributed by atoms with Crippen LogP contribution in [0.3, 0.4) is 0 Å². The summed E-state index contributed by atoms with van der Waals surface area (Å²) in [5.74, 6) is -3.13. The summed E-state index contributed by atoms with van der Waals surface area (Å²) in [4.78, 5) is 26.5. The standard InChI is InChI=1S/C19H19NO4/c1-11(2)10-14-19-9-8-13(24-19)15(18(22)23)16(19)17(21)20(14)12-6-4-3-5-7-12/h3-9,13-16H,1,10H2,2H3,(H,22,23)/p-1/t13-,14-,15+,16+,19-/m1/s1. The van der Waals surface area contributed by atoms with E-state index < -0.39 is 29.5 Å². The van der Waals surface area contributed by atoms with Crippen molar-refractivity contribution in [1.29, 1.82) is 0 Å². The summed E-state index contributed by atoms with van der Waals surface area (Å²) < 4.78 is 6.06. The molecular weight excluding hydrogens is 306 g/mol. The number of ether oxygens (including phenoxy) is 1. The van der Waals surface area contributed by atoms with Crippen molar-refractivity contribution in [3.05, 3.63) is 54.6 Å². The monoisotopic (exact) mass is 324 g/mol. The molecule has 3 aliphatic heterocycles. The van der Waals surface area contributed by atoms with Crippen molar-refractivity contribution in [1.82, 2.24) is 0 Å². The first-order chi connectivity index (χ1) is 11.5. The normalized spacial score (nSPS) is 36.2. The lowest BCUT2D eigenvalue weighted by Gasteiger charge is -2.33. The molecule has 1 aromatic carbocycles. The highest BCUT2D eigenvalue weighted by molar-refractivity contribution is 6.03. The molecule has 5 nitrogen and oxygen atoms in total. The second kappa shape index (κ2) is 5.05. The molecule has 0 aromatic heterocycles. The smallest absolute Gasteiger partial charge is 0.234 e. The molecule has 4 rings (SSSR count). The minimum atomic E-state index is -1.23. The van der Waals surface area contributed by atoms with Crippen LogP contribution >= 0.6 is 0 Å². The zero-order chi connectivity index (χ0) is 17.1. The number of anilines is 1. The Morgan fingerprint density at radius 2 is 2.08 bits per heavy atom. The number of carbonyl (C=O) groups excluding carboxylic acids is 2. The Morgan fingerprint density at radius 1 is 1.38 bits per heavy atom. The first kappa shape index (κ1) is 15.1. The Hall–Kier alpha value is -2.40. The van der Waals surface area contributed by atoms with Crippen molar-refractivity contribution in [3.63, 3.8) is 0 Å². The van der Waals surface area contributed by atoms with Crippen LogP contribution in [0.5, 0.6) is 0 Å². The molecule has 0 radical (unpaired) electrons. The number of aliphatic carboxylic acids is 1. The van der Waals surface area contributed by atoms with E-state index in [2.05, 4.69) is 6.58 Å². The van der Waals surface area contributed by atoms with Gasteiger partial charge in [0.2, 0.25) is 5.91 Å². The van der Waals surface area contributed by atoms with Gasteiger partial charge in [-0.1, -0.05) is 35.9 Å². The molecule has 124 valence electrons. The van der Waals surface area contributed by atoms with E-state index in [0.29, 0.717) is 6.42 Å². The highest BCUT2D eigenvalue weighted by atomic mass is 16.5. The first-order valence-electron chi connectivity index (χ1n) is 8.06. The fourth-order valence-corrected chi connectivity index (χ4v) is 4.40. The van der Waals surface area contributed by atoms with Crippen molar-refractivity contribution in [3.8, 4) is 0 Å². The van der Waals surface area contributed by atoms with Crippen LogP contribution in [-0.2, 0) is 14.3 Å². The number of amides is 1. The summed E-state index contributed by atoms with van der Waals surface area (Å²) in [7, 11) is 0. The summed E-state index contributed by atoms with van der Waals surface area (Å²) in [6.45, 7) is 5.87. The molecule has 1 aromatic rings. The van der Waals surface area contributed by atoms with Gasteiger partial charge in [0.1, 0.15) is 5.60 Å². The Labute approximate surface area is 140 Å². The van der Waals surface area contributed by atoms with Crippen LogP contribution in [0.2, 0.25) is 0 Å². The summed E-state index contributed by atoms with van der Waals surface area (Å²) in [5.41, 5.74) is 0.748. The summed E-state index contributed by atoms with van der Waals surface area (Å²) >= 11 is 0. The molecule has 24 heavy (non-hydrogen) atoms. The minimum absolute atomic E-state index is 0.214. The number of carboxylic acid groups (broad SMARTS) is 1. The lowest BCUT2D eigenvalue weighted by molar-refractivity contribution is -0.313. The van der Waals surface area contributed by atoms with Crippen molar-refractivity contribution in [2.75, 3.05) is 4.90 Å². The van der Waals surface area contributed by atoms with E-state index in [9.17, 15) is 14.7 Å². The molecule has 0 N–H and O–H groups in total. The largest absolute Gasteiger partial charge is 0.550 e. The van der Waals surface area contributed by atoms with E-state index in [1.54, 1.807) is 11.0 Å². The average molecular weight is 324 g/mol. The second-order valence-electron chi connectivity index (χ2n) is 6.84. The summed E-state index contributed by atoms with van der Waals surface area (Å²) in [6, 6.07) is 8.99. The molecule has 2 bridgehead atoms. The maximum atomic E-state index is 13.2. The van der Waals surface area contributed by atoms with Gasteiger partial charge < -0.3 is 19.5 Å². The van der Waals surface area contributed by atoms with Gasteiger partial charge >= 0.3 is 0 Å². The van der Waals surface area contributed by atoms with Crippen molar-refractivity contribution < 1.29 is 19.4 Å². The zero-order valence-electron chi connectivity index (χ0n) is 13.3. The number of rotatable bonds is 4. The molecule has 5 atom stereocenters. The Balaban J connectivity index is 1.85. The third kappa shape index (κ3) is 1.85. The number of carbonyl (C=O) groups is 2. The van der Waals surface area contributed by atoms with Gasteiger partial charge in [0, 0.05) is 17.6 Å². The Kier molecular flexibility index (Phi) is 3.18. The van der Waals surface area contributed by atoms with Crippen LogP contribution in [0.1, 0.15) is 13.3 Å². The molecule has 0 aliphatic carbocycles. The third-order valence-electron chi connectivity index (χ3n) is 5.27. The van der Waals surface area contributed by atoms with Gasteiger partial charge in [0.05, 0.1) is 18.1 Å². The van der Waals surface area contributed by atoms with Gasteiger partial charge in [-0.05, 0) is 25.5 Å². The second-order valence-corrected chi connectivity index (χ2v) is 6.84. The van der Waals surface area contributed by atoms with Gasteiger partial charge in [0.25, 0.3) is 0 Å². The molecule has 5 heteroatoms. The number of nitrogens with zero attached hydrogens (tertiary/aromatic N) is 1. The number of hydrogen-bond donors (Lipinski definition) is 0. The summed E-state index contributed by atoms with van der Waals surface area (Å²) in [5, 5.41) is 11.6. The molecule has 2 fully saturated rings. The number of hydrogen-bond acceptors (Lipinski definition) is 4. The van der Waals surface area contributed by atoms with Crippen LogP contribution < -0.4 is 10.0 Å². The fraction of sp³-hybridized carbons (Fsp3) is 0.368. The number of fused-ring (bicyclic) bond motifs is 1. The first-order valence-corrected chi connectivity index (χ1v) is 8.06. The highest BCUT2D eigenvalue weighted by Gasteiger charge is 2.69. The predicted octanol–water partition coefficient (Wildman–Crippen LogP) is 1.06. The zero-order valence-corrected chi connectivity index (χ0v) is 13.3. The van der Waals surface area contributed by atoms with Gasteiger partial charge in [0.15, 0.2) is 0 Å². The van der Waals surface area contributed by atoms with E-state index in [1.807, 2.05) is 43.3 Å². The molecule has 3 heterocycles. The minimum Gasteiger partial charge on any atom is -0.550 e. The SMILES string of the molecule is C=C(C)C[C@H]1N(c2ccccc2)C(=O)[C@@H]2[C@@H](C(=O)[O-])[C@H]3C=C[C@]21O3. The van der Waals surface area contributed by atoms with Gasteiger partial charge in [-0.25, -0.2) is 0 Å². The van der Waals surface area contributed by atoms with Gasteiger partial charge in [-0.15, -0.1) is 6.58 Å². The number of para-hydroxylation sites is 1. The maximum Gasteiger partial charge on any atom is 0.234 e. The van der Waals surface area contributed by atoms with Crippen LogP contribution in [0.4, 0.5) is 5.69 Å². The molecule has 3 aliphatic rings.